The summed E-state index contributed by atoms with van der Waals surface area (Å²) in [6.07, 6.45) is 2.06. The monoisotopic (exact) mass is 261 g/mol. The lowest BCUT2D eigenvalue weighted by Gasteiger charge is -2.17. The lowest BCUT2D eigenvalue weighted by molar-refractivity contribution is 0.324. The van der Waals surface area contributed by atoms with E-state index in [1.807, 2.05) is 19.9 Å². The van der Waals surface area contributed by atoms with Gasteiger partial charge < -0.3 is 15.1 Å². The van der Waals surface area contributed by atoms with E-state index < -0.39 is 0 Å². The summed E-state index contributed by atoms with van der Waals surface area (Å²) in [6.45, 7) is 6.00. The lowest BCUT2D eigenvalue weighted by Crippen LogP contribution is -2.27. The van der Waals surface area contributed by atoms with E-state index in [2.05, 4.69) is 29.1 Å². The maximum Gasteiger partial charge on any atom is 0.192 e. The molecule has 1 atom stereocenters. The largest absolute Gasteiger partial charge is 0.441 e. The van der Waals surface area contributed by atoms with E-state index in [0.29, 0.717) is 0 Å². The average Bonchev–Trinajstić information content (AvgIpc) is 2.73. The number of rotatable bonds is 6. The molecular formula is C15H23N3O. The maximum atomic E-state index is 5.77. The van der Waals surface area contributed by atoms with Gasteiger partial charge in [-0.2, -0.15) is 0 Å². The third-order valence-corrected chi connectivity index (χ3v) is 3.31. The van der Waals surface area contributed by atoms with Crippen LogP contribution >= 0.6 is 0 Å². The smallest absolute Gasteiger partial charge is 0.192 e. The van der Waals surface area contributed by atoms with Gasteiger partial charge in [0, 0.05) is 19.5 Å². The number of nitrogens with two attached hydrogens (primary N) is 1. The molecule has 0 aliphatic carbocycles. The van der Waals surface area contributed by atoms with Gasteiger partial charge in [-0.1, -0.05) is 6.07 Å². The number of aryl methyl sites for hydroxylation is 1. The number of hydrogen-bond donors (Lipinski definition) is 1. The Morgan fingerprint density at radius 2 is 2.16 bits per heavy atom. The van der Waals surface area contributed by atoms with Crippen molar-refractivity contribution in [3.63, 3.8) is 0 Å². The van der Waals surface area contributed by atoms with E-state index in [0.717, 1.165) is 42.9 Å². The lowest BCUT2D eigenvalue weighted by atomic mass is 10.1. The third kappa shape index (κ3) is 4.04. The van der Waals surface area contributed by atoms with E-state index in [4.69, 9.17) is 10.2 Å². The Hall–Kier alpha value is -1.39. The minimum atomic E-state index is 0.274. The quantitative estimate of drug-likeness (QED) is 0.867. The molecule has 4 nitrogen and oxygen atoms in total. The second-order valence-corrected chi connectivity index (χ2v) is 5.35. The van der Waals surface area contributed by atoms with Crippen LogP contribution in [-0.2, 0) is 6.42 Å². The molecule has 19 heavy (non-hydrogen) atoms. The first-order valence-electron chi connectivity index (χ1n) is 6.85. The van der Waals surface area contributed by atoms with Gasteiger partial charge in [-0.25, -0.2) is 4.98 Å². The SMILES string of the molecule is Cc1nc2ccc(CCN(C)CCC(C)N)cc2o1. The van der Waals surface area contributed by atoms with Gasteiger partial charge in [0.1, 0.15) is 5.52 Å². The van der Waals surface area contributed by atoms with Gasteiger partial charge in [0.05, 0.1) is 0 Å². The van der Waals surface area contributed by atoms with Crippen LogP contribution in [0.25, 0.3) is 11.1 Å². The standard InChI is InChI=1S/C15H23N3O/c1-11(16)6-8-18(3)9-7-13-4-5-14-15(10-13)19-12(2)17-14/h4-5,10-11H,6-9,16H2,1-3H3. The van der Waals surface area contributed by atoms with Crippen LogP contribution in [0.1, 0.15) is 24.8 Å². The highest BCUT2D eigenvalue weighted by Crippen LogP contribution is 2.17. The van der Waals surface area contributed by atoms with Gasteiger partial charge in [0.15, 0.2) is 11.5 Å². The Labute approximate surface area is 114 Å². The van der Waals surface area contributed by atoms with Crippen molar-refractivity contribution < 1.29 is 4.42 Å². The van der Waals surface area contributed by atoms with E-state index in [1.165, 1.54) is 5.56 Å². The van der Waals surface area contributed by atoms with Crippen LogP contribution in [0.3, 0.4) is 0 Å². The minimum absolute atomic E-state index is 0.274. The predicted molar refractivity (Wildman–Crippen MR) is 78.2 cm³/mol. The van der Waals surface area contributed by atoms with Crippen molar-refractivity contribution in [2.75, 3.05) is 20.1 Å². The summed E-state index contributed by atoms with van der Waals surface area (Å²) in [5, 5.41) is 0. The van der Waals surface area contributed by atoms with Crippen molar-refractivity contribution >= 4 is 11.1 Å². The summed E-state index contributed by atoms with van der Waals surface area (Å²) in [4.78, 5) is 6.63. The molecule has 2 N–H and O–H groups in total. The molecule has 0 radical (unpaired) electrons. The van der Waals surface area contributed by atoms with E-state index >= 15 is 0 Å². The molecule has 0 bridgehead atoms. The molecule has 2 rings (SSSR count). The topological polar surface area (TPSA) is 55.3 Å². The summed E-state index contributed by atoms with van der Waals surface area (Å²) in [6, 6.07) is 6.53. The second-order valence-electron chi connectivity index (χ2n) is 5.35. The van der Waals surface area contributed by atoms with Crippen molar-refractivity contribution in [1.82, 2.24) is 9.88 Å². The van der Waals surface area contributed by atoms with Crippen LogP contribution in [0.15, 0.2) is 22.6 Å². The zero-order chi connectivity index (χ0) is 13.8. The first-order chi connectivity index (χ1) is 9.04. The molecule has 2 aromatic rings. The fourth-order valence-electron chi connectivity index (χ4n) is 2.10. The Balaban J connectivity index is 1.90. The number of likely N-dealkylation sites (N-methyl/N-ethyl adjacent to an activating group) is 1. The molecule has 0 aliphatic rings. The molecule has 4 heteroatoms. The Bertz CT molecular complexity index is 533. The molecule has 1 aromatic heterocycles. The summed E-state index contributed by atoms with van der Waals surface area (Å²) >= 11 is 0. The van der Waals surface area contributed by atoms with Gasteiger partial charge in [0.25, 0.3) is 0 Å². The molecule has 0 amide bonds. The molecule has 1 unspecified atom stereocenters. The van der Waals surface area contributed by atoms with E-state index in [-0.39, 0.29) is 6.04 Å². The van der Waals surface area contributed by atoms with Gasteiger partial charge in [-0.3, -0.25) is 0 Å². The Morgan fingerprint density at radius 3 is 2.89 bits per heavy atom. The molecule has 104 valence electrons. The first-order valence-corrected chi connectivity index (χ1v) is 6.85. The zero-order valence-corrected chi connectivity index (χ0v) is 12.0. The number of nitrogens with zero attached hydrogens (tertiary/aromatic N) is 2. The van der Waals surface area contributed by atoms with Gasteiger partial charge in [-0.15, -0.1) is 0 Å². The number of aromatic nitrogens is 1. The maximum absolute atomic E-state index is 5.77. The van der Waals surface area contributed by atoms with Crippen LogP contribution in [0, 0.1) is 6.92 Å². The molecule has 1 heterocycles. The highest BCUT2D eigenvalue weighted by Gasteiger charge is 2.05. The van der Waals surface area contributed by atoms with E-state index in [1.54, 1.807) is 0 Å². The van der Waals surface area contributed by atoms with Crippen molar-refractivity contribution in [3.8, 4) is 0 Å². The Morgan fingerprint density at radius 1 is 1.37 bits per heavy atom. The Kier molecular flexibility index (Phi) is 4.56. The highest BCUT2D eigenvalue weighted by molar-refractivity contribution is 5.73. The summed E-state index contributed by atoms with van der Waals surface area (Å²) in [7, 11) is 2.14. The third-order valence-electron chi connectivity index (χ3n) is 3.31. The predicted octanol–water partition coefficient (Wildman–Crippen LogP) is 2.35. The van der Waals surface area contributed by atoms with Crippen molar-refractivity contribution in [2.45, 2.75) is 32.7 Å². The minimum Gasteiger partial charge on any atom is -0.441 e. The molecule has 0 saturated carbocycles. The summed E-state index contributed by atoms with van der Waals surface area (Å²) in [5.41, 5.74) is 8.87. The van der Waals surface area contributed by atoms with Crippen LogP contribution in [0.4, 0.5) is 0 Å². The molecular weight excluding hydrogens is 238 g/mol. The normalized spacial score (nSPS) is 13.3. The van der Waals surface area contributed by atoms with Crippen LogP contribution in [0.5, 0.6) is 0 Å². The molecule has 1 aromatic carbocycles. The van der Waals surface area contributed by atoms with Crippen LogP contribution in [-0.4, -0.2) is 36.1 Å². The second kappa shape index (κ2) is 6.17. The fourth-order valence-corrected chi connectivity index (χ4v) is 2.10. The molecule has 0 aliphatic heterocycles. The van der Waals surface area contributed by atoms with Crippen molar-refractivity contribution in [1.29, 1.82) is 0 Å². The summed E-state index contributed by atoms with van der Waals surface area (Å²) < 4.78 is 5.55. The zero-order valence-electron chi connectivity index (χ0n) is 12.0. The van der Waals surface area contributed by atoms with Gasteiger partial charge in [-0.05, 0) is 51.1 Å². The number of hydrogen-bond acceptors (Lipinski definition) is 4. The summed E-state index contributed by atoms with van der Waals surface area (Å²) in [5.74, 6) is 0.723. The van der Waals surface area contributed by atoms with Crippen LogP contribution < -0.4 is 5.73 Å². The average molecular weight is 261 g/mol. The van der Waals surface area contributed by atoms with Crippen molar-refractivity contribution in [2.24, 2.45) is 5.73 Å². The fraction of sp³-hybridized carbons (Fsp3) is 0.533. The molecule has 0 saturated heterocycles. The van der Waals surface area contributed by atoms with Crippen LogP contribution in [0.2, 0.25) is 0 Å². The van der Waals surface area contributed by atoms with Gasteiger partial charge in [0.2, 0.25) is 0 Å². The molecule has 0 spiro atoms. The van der Waals surface area contributed by atoms with E-state index in [9.17, 15) is 0 Å². The number of fused-ring (bicyclic) bond motifs is 1. The first kappa shape index (κ1) is 14.0. The number of oxazole rings is 1. The van der Waals surface area contributed by atoms with Gasteiger partial charge >= 0.3 is 0 Å². The highest BCUT2D eigenvalue weighted by atomic mass is 16.3. The van der Waals surface area contributed by atoms with Crippen molar-refractivity contribution in [3.05, 3.63) is 29.7 Å². The molecule has 0 fully saturated rings. The number of benzene rings is 1.